The van der Waals surface area contributed by atoms with E-state index in [0.717, 1.165) is 6.42 Å². The Labute approximate surface area is 114 Å². The molecule has 0 aliphatic heterocycles. The Morgan fingerprint density at radius 3 is 2.21 bits per heavy atom. The van der Waals surface area contributed by atoms with Crippen LogP contribution in [0.15, 0.2) is 0 Å². The van der Waals surface area contributed by atoms with Crippen molar-refractivity contribution in [3.63, 3.8) is 0 Å². The molecule has 0 bridgehead atoms. The van der Waals surface area contributed by atoms with Crippen molar-refractivity contribution in [1.29, 1.82) is 0 Å². The van der Waals surface area contributed by atoms with Crippen LogP contribution >= 0.6 is 0 Å². The second-order valence-electron chi connectivity index (χ2n) is 5.32. The number of ether oxygens (including phenoxy) is 1. The van der Waals surface area contributed by atoms with E-state index >= 15 is 0 Å². The summed E-state index contributed by atoms with van der Waals surface area (Å²) in [5, 5.41) is 2.57. The Balaban J connectivity index is 4.41. The van der Waals surface area contributed by atoms with Crippen LogP contribution in [0.3, 0.4) is 0 Å². The van der Waals surface area contributed by atoms with E-state index < -0.39 is 11.4 Å². The van der Waals surface area contributed by atoms with Gasteiger partial charge in [-0.25, -0.2) is 0 Å². The lowest BCUT2D eigenvalue weighted by Gasteiger charge is -2.22. The topological polar surface area (TPSA) is 75.7 Å². The Bertz CT molecular complexity index is 334. The van der Waals surface area contributed by atoms with Crippen molar-refractivity contribution in [2.75, 3.05) is 26.7 Å². The minimum absolute atomic E-state index is 0.0887. The molecule has 1 N–H and O–H groups in total. The molecule has 6 heteroatoms. The molecule has 0 fully saturated rings. The average molecular weight is 272 g/mol. The number of hydrogen-bond donors (Lipinski definition) is 1. The smallest absolute Gasteiger partial charge is 0.325 e. The van der Waals surface area contributed by atoms with Crippen LogP contribution in [0.4, 0.5) is 0 Å². The SMILES string of the molecule is CCCN(CC(=O)OC)C(=O)CNC(=O)C(C)(C)C. The molecular formula is C13H24N2O4. The van der Waals surface area contributed by atoms with Crippen LogP contribution in [0, 0.1) is 5.41 Å². The van der Waals surface area contributed by atoms with Gasteiger partial charge >= 0.3 is 5.97 Å². The number of carbonyl (C=O) groups is 3. The van der Waals surface area contributed by atoms with E-state index in [-0.39, 0.29) is 24.9 Å². The molecule has 0 aromatic heterocycles. The molecule has 0 saturated carbocycles. The van der Waals surface area contributed by atoms with Crippen molar-refractivity contribution in [2.45, 2.75) is 34.1 Å². The van der Waals surface area contributed by atoms with Gasteiger partial charge in [0.15, 0.2) is 0 Å². The van der Waals surface area contributed by atoms with Gasteiger partial charge in [-0.1, -0.05) is 27.7 Å². The molecule has 110 valence electrons. The van der Waals surface area contributed by atoms with Crippen LogP contribution in [0.5, 0.6) is 0 Å². The molecule has 0 unspecified atom stereocenters. The second-order valence-corrected chi connectivity index (χ2v) is 5.32. The molecule has 2 amide bonds. The van der Waals surface area contributed by atoms with Gasteiger partial charge in [0, 0.05) is 12.0 Å². The number of nitrogens with zero attached hydrogens (tertiary/aromatic N) is 1. The van der Waals surface area contributed by atoms with Crippen molar-refractivity contribution in [3.05, 3.63) is 0 Å². The minimum Gasteiger partial charge on any atom is -0.468 e. The standard InChI is InChI=1S/C13H24N2O4/c1-6-7-15(9-11(17)19-5)10(16)8-14-12(18)13(2,3)4/h6-9H2,1-5H3,(H,14,18). The van der Waals surface area contributed by atoms with E-state index in [9.17, 15) is 14.4 Å². The van der Waals surface area contributed by atoms with Gasteiger partial charge < -0.3 is 15.0 Å². The van der Waals surface area contributed by atoms with Gasteiger partial charge in [0.25, 0.3) is 0 Å². The van der Waals surface area contributed by atoms with Gasteiger partial charge in [-0.15, -0.1) is 0 Å². The largest absolute Gasteiger partial charge is 0.468 e. The predicted molar refractivity (Wildman–Crippen MR) is 71.4 cm³/mol. The highest BCUT2D eigenvalue weighted by Gasteiger charge is 2.23. The van der Waals surface area contributed by atoms with Crippen LogP contribution in [-0.2, 0) is 19.1 Å². The van der Waals surface area contributed by atoms with Gasteiger partial charge in [0.2, 0.25) is 11.8 Å². The first-order valence-corrected chi connectivity index (χ1v) is 6.35. The maximum absolute atomic E-state index is 11.9. The molecule has 0 radical (unpaired) electrons. The van der Waals surface area contributed by atoms with E-state index in [0.29, 0.717) is 6.54 Å². The predicted octanol–water partition coefficient (Wildman–Crippen LogP) is 0.560. The maximum atomic E-state index is 11.9. The fourth-order valence-corrected chi connectivity index (χ4v) is 1.32. The van der Waals surface area contributed by atoms with Crippen molar-refractivity contribution in [2.24, 2.45) is 5.41 Å². The van der Waals surface area contributed by atoms with Gasteiger partial charge in [0.1, 0.15) is 6.54 Å². The van der Waals surface area contributed by atoms with Crippen LogP contribution in [0.2, 0.25) is 0 Å². The Morgan fingerprint density at radius 2 is 1.79 bits per heavy atom. The number of amides is 2. The summed E-state index contributed by atoms with van der Waals surface area (Å²) in [4.78, 5) is 36.2. The van der Waals surface area contributed by atoms with Crippen molar-refractivity contribution < 1.29 is 19.1 Å². The van der Waals surface area contributed by atoms with Crippen molar-refractivity contribution in [1.82, 2.24) is 10.2 Å². The van der Waals surface area contributed by atoms with E-state index in [2.05, 4.69) is 10.1 Å². The maximum Gasteiger partial charge on any atom is 0.325 e. The summed E-state index contributed by atoms with van der Waals surface area (Å²) in [6, 6.07) is 0. The number of carbonyl (C=O) groups excluding carboxylic acids is 3. The second kappa shape index (κ2) is 7.76. The molecule has 0 aromatic carbocycles. The molecule has 0 aliphatic rings. The molecule has 0 saturated heterocycles. The van der Waals surface area contributed by atoms with E-state index in [1.54, 1.807) is 20.8 Å². The molecule has 6 nitrogen and oxygen atoms in total. The van der Waals surface area contributed by atoms with E-state index in [4.69, 9.17) is 0 Å². The zero-order chi connectivity index (χ0) is 15.1. The Morgan fingerprint density at radius 1 is 1.21 bits per heavy atom. The first-order valence-electron chi connectivity index (χ1n) is 6.35. The summed E-state index contributed by atoms with van der Waals surface area (Å²) in [6.45, 7) is 7.48. The number of esters is 1. The van der Waals surface area contributed by atoms with Crippen LogP contribution < -0.4 is 5.32 Å². The lowest BCUT2D eigenvalue weighted by atomic mass is 9.96. The summed E-state index contributed by atoms with van der Waals surface area (Å²) in [5.74, 6) is -0.954. The summed E-state index contributed by atoms with van der Waals surface area (Å²) in [7, 11) is 1.28. The first-order chi connectivity index (χ1) is 8.72. The summed E-state index contributed by atoms with van der Waals surface area (Å²) in [5.41, 5.74) is -0.543. The van der Waals surface area contributed by atoms with Crippen molar-refractivity contribution >= 4 is 17.8 Å². The molecule has 0 spiro atoms. The minimum atomic E-state index is -0.543. The zero-order valence-corrected chi connectivity index (χ0v) is 12.4. The van der Waals surface area contributed by atoms with E-state index in [1.807, 2.05) is 6.92 Å². The third-order valence-corrected chi connectivity index (χ3v) is 2.48. The Kier molecular flexibility index (Phi) is 7.11. The fraction of sp³-hybridized carbons (Fsp3) is 0.769. The Hall–Kier alpha value is -1.59. The number of hydrogen-bond acceptors (Lipinski definition) is 4. The van der Waals surface area contributed by atoms with E-state index in [1.165, 1.54) is 12.0 Å². The fourth-order valence-electron chi connectivity index (χ4n) is 1.32. The number of nitrogens with one attached hydrogen (secondary N) is 1. The van der Waals surface area contributed by atoms with Gasteiger partial charge in [-0.05, 0) is 6.42 Å². The number of methoxy groups -OCH3 is 1. The first kappa shape index (κ1) is 17.4. The monoisotopic (exact) mass is 272 g/mol. The summed E-state index contributed by atoms with van der Waals surface area (Å²) < 4.78 is 4.54. The molecule has 0 atom stereocenters. The number of rotatable bonds is 6. The summed E-state index contributed by atoms with van der Waals surface area (Å²) in [6.07, 6.45) is 0.732. The van der Waals surface area contributed by atoms with Crippen LogP contribution in [-0.4, -0.2) is 49.4 Å². The highest BCUT2D eigenvalue weighted by molar-refractivity contribution is 5.88. The van der Waals surface area contributed by atoms with Gasteiger partial charge in [-0.3, -0.25) is 14.4 Å². The molecule has 0 aromatic rings. The van der Waals surface area contributed by atoms with Crippen LogP contribution in [0.25, 0.3) is 0 Å². The molecule has 0 aliphatic carbocycles. The average Bonchev–Trinajstić information content (AvgIpc) is 2.33. The third kappa shape index (κ3) is 6.79. The lowest BCUT2D eigenvalue weighted by Crippen LogP contribution is -2.45. The highest BCUT2D eigenvalue weighted by atomic mass is 16.5. The zero-order valence-electron chi connectivity index (χ0n) is 12.4. The molecular weight excluding hydrogens is 248 g/mol. The molecule has 0 heterocycles. The van der Waals surface area contributed by atoms with Gasteiger partial charge in [0.05, 0.1) is 13.7 Å². The van der Waals surface area contributed by atoms with Crippen LogP contribution in [0.1, 0.15) is 34.1 Å². The third-order valence-electron chi connectivity index (χ3n) is 2.48. The molecule has 0 rings (SSSR count). The quantitative estimate of drug-likeness (QED) is 0.717. The normalized spacial score (nSPS) is 10.8. The lowest BCUT2D eigenvalue weighted by molar-refractivity contribution is -0.147. The van der Waals surface area contributed by atoms with Gasteiger partial charge in [-0.2, -0.15) is 0 Å². The highest BCUT2D eigenvalue weighted by Crippen LogP contribution is 2.12. The summed E-state index contributed by atoms with van der Waals surface area (Å²) >= 11 is 0. The van der Waals surface area contributed by atoms with Crippen molar-refractivity contribution in [3.8, 4) is 0 Å². The molecule has 19 heavy (non-hydrogen) atoms.